The fourth-order valence-corrected chi connectivity index (χ4v) is 1.15. The number of hydrogen-bond acceptors (Lipinski definition) is 1. The highest BCUT2D eigenvalue weighted by atomic mass is 35.5. The van der Waals surface area contributed by atoms with Gasteiger partial charge in [-0.05, 0) is 30.7 Å². The van der Waals surface area contributed by atoms with Crippen molar-refractivity contribution in [1.29, 1.82) is 0 Å². The van der Waals surface area contributed by atoms with Crippen LogP contribution in [0.1, 0.15) is 6.42 Å². The van der Waals surface area contributed by atoms with E-state index < -0.39 is 0 Å². The van der Waals surface area contributed by atoms with E-state index in [1.807, 2.05) is 30.3 Å². The first kappa shape index (κ1) is 10.9. The van der Waals surface area contributed by atoms with Gasteiger partial charge in [-0.2, -0.15) is 0 Å². The van der Waals surface area contributed by atoms with Crippen molar-refractivity contribution in [3.63, 3.8) is 0 Å². The zero-order chi connectivity index (χ0) is 10.2. The molecule has 0 amide bonds. The van der Waals surface area contributed by atoms with Crippen LogP contribution in [0.25, 0.3) is 0 Å². The van der Waals surface area contributed by atoms with Gasteiger partial charge >= 0.3 is 0 Å². The molecule has 0 aromatic heterocycles. The Morgan fingerprint density at radius 2 is 1.93 bits per heavy atom. The quantitative estimate of drug-likeness (QED) is 0.723. The lowest BCUT2D eigenvalue weighted by molar-refractivity contribution is 1.29. The van der Waals surface area contributed by atoms with Gasteiger partial charge in [0.1, 0.15) is 0 Å². The summed E-state index contributed by atoms with van der Waals surface area (Å²) in [5.41, 5.74) is 1.08. The molecule has 1 nitrogen and oxygen atoms in total. The van der Waals surface area contributed by atoms with Crippen LogP contribution in [-0.4, -0.2) is 6.54 Å². The highest BCUT2D eigenvalue weighted by molar-refractivity contribution is 6.30. The highest BCUT2D eigenvalue weighted by Gasteiger charge is 1.88. The number of hydrogen-bond donors (Lipinski definition) is 1. The molecule has 1 N–H and O–H groups in total. The lowest BCUT2D eigenvalue weighted by Crippen LogP contribution is -1.97. The van der Waals surface area contributed by atoms with E-state index in [1.165, 1.54) is 0 Å². The monoisotopic (exact) mass is 207 g/mol. The van der Waals surface area contributed by atoms with Crippen LogP contribution in [0.4, 0.5) is 5.69 Å². The molecule has 0 bridgehead atoms. The van der Waals surface area contributed by atoms with Gasteiger partial charge in [-0.3, -0.25) is 0 Å². The Hall–Kier alpha value is -1.21. The molecule has 0 atom stereocenters. The molecule has 0 radical (unpaired) electrons. The van der Waals surface area contributed by atoms with Crippen molar-refractivity contribution < 1.29 is 0 Å². The van der Waals surface area contributed by atoms with Crippen LogP contribution in [-0.2, 0) is 0 Å². The molecule has 74 valence electrons. The van der Waals surface area contributed by atoms with Gasteiger partial charge in [0.25, 0.3) is 0 Å². The first-order chi connectivity index (χ1) is 6.83. The van der Waals surface area contributed by atoms with Crippen LogP contribution in [0.5, 0.6) is 0 Å². The summed E-state index contributed by atoms with van der Waals surface area (Å²) in [6, 6.07) is 7.67. The minimum atomic E-state index is 0.762. The normalized spacial score (nSPS) is 10.4. The SMILES string of the molecule is C=CC/C=C/CNc1ccc(Cl)cc1. The number of anilines is 1. The minimum absolute atomic E-state index is 0.762. The van der Waals surface area contributed by atoms with Gasteiger partial charge in [0.15, 0.2) is 0 Å². The Balaban J connectivity index is 2.31. The van der Waals surface area contributed by atoms with Crippen molar-refractivity contribution >= 4 is 17.3 Å². The van der Waals surface area contributed by atoms with Crippen molar-refractivity contribution in [2.24, 2.45) is 0 Å². The molecule has 0 heterocycles. The van der Waals surface area contributed by atoms with Crippen LogP contribution in [0.2, 0.25) is 5.02 Å². The maximum Gasteiger partial charge on any atom is 0.0407 e. The van der Waals surface area contributed by atoms with E-state index in [9.17, 15) is 0 Å². The Kier molecular flexibility index (Phi) is 4.87. The van der Waals surface area contributed by atoms with E-state index in [-0.39, 0.29) is 0 Å². The Morgan fingerprint density at radius 3 is 2.57 bits per heavy atom. The second kappa shape index (κ2) is 6.28. The molecule has 1 aromatic rings. The highest BCUT2D eigenvalue weighted by Crippen LogP contribution is 2.12. The zero-order valence-electron chi connectivity index (χ0n) is 8.04. The summed E-state index contributed by atoms with van der Waals surface area (Å²) in [4.78, 5) is 0. The lowest BCUT2D eigenvalue weighted by Gasteiger charge is -2.02. The van der Waals surface area contributed by atoms with Gasteiger partial charge in [0.2, 0.25) is 0 Å². The molecular formula is C12H14ClN. The van der Waals surface area contributed by atoms with Crippen LogP contribution in [0.3, 0.4) is 0 Å². The smallest absolute Gasteiger partial charge is 0.0407 e. The molecule has 0 spiro atoms. The van der Waals surface area contributed by atoms with Gasteiger partial charge in [0.05, 0.1) is 0 Å². The number of halogens is 1. The van der Waals surface area contributed by atoms with E-state index in [1.54, 1.807) is 0 Å². The summed E-state index contributed by atoms with van der Waals surface area (Å²) in [5.74, 6) is 0. The summed E-state index contributed by atoms with van der Waals surface area (Å²) >= 11 is 5.76. The summed E-state index contributed by atoms with van der Waals surface area (Å²) in [5, 5.41) is 4.01. The Bertz CT molecular complexity index is 301. The number of allylic oxidation sites excluding steroid dienone is 2. The third-order valence-corrected chi connectivity index (χ3v) is 1.99. The van der Waals surface area contributed by atoms with Crippen molar-refractivity contribution in [2.75, 3.05) is 11.9 Å². The molecule has 0 aliphatic heterocycles. The molecule has 0 saturated carbocycles. The molecule has 0 aliphatic rings. The van der Waals surface area contributed by atoms with Crippen molar-refractivity contribution in [1.82, 2.24) is 0 Å². The minimum Gasteiger partial charge on any atom is -0.382 e. The maximum atomic E-state index is 5.76. The fourth-order valence-electron chi connectivity index (χ4n) is 1.02. The first-order valence-corrected chi connectivity index (χ1v) is 4.96. The van der Waals surface area contributed by atoms with E-state index >= 15 is 0 Å². The van der Waals surface area contributed by atoms with Crippen LogP contribution in [0, 0.1) is 0 Å². The Morgan fingerprint density at radius 1 is 1.21 bits per heavy atom. The van der Waals surface area contributed by atoms with E-state index in [0.717, 1.165) is 23.7 Å². The van der Waals surface area contributed by atoms with Gasteiger partial charge in [-0.25, -0.2) is 0 Å². The molecule has 0 saturated heterocycles. The summed E-state index contributed by atoms with van der Waals surface area (Å²) in [6.45, 7) is 4.47. The lowest BCUT2D eigenvalue weighted by atomic mass is 10.3. The van der Waals surface area contributed by atoms with E-state index in [2.05, 4.69) is 24.0 Å². The topological polar surface area (TPSA) is 12.0 Å². The largest absolute Gasteiger partial charge is 0.382 e. The predicted octanol–water partition coefficient (Wildman–Crippen LogP) is 3.88. The third kappa shape index (κ3) is 4.15. The molecule has 0 aliphatic carbocycles. The average Bonchev–Trinajstić information content (AvgIpc) is 2.21. The molecule has 1 aromatic carbocycles. The maximum absolute atomic E-state index is 5.76. The van der Waals surface area contributed by atoms with Gasteiger partial charge in [-0.15, -0.1) is 6.58 Å². The molecule has 2 heteroatoms. The van der Waals surface area contributed by atoms with Crippen molar-refractivity contribution in [3.05, 3.63) is 54.1 Å². The van der Waals surface area contributed by atoms with E-state index in [0.29, 0.717) is 0 Å². The number of nitrogens with one attached hydrogen (secondary N) is 1. The second-order valence-electron chi connectivity index (χ2n) is 2.88. The standard InChI is InChI=1S/C12H14ClN/c1-2-3-4-5-10-14-12-8-6-11(13)7-9-12/h2,4-9,14H,1,3,10H2/b5-4+. The fraction of sp³-hybridized carbons (Fsp3) is 0.167. The molecule has 14 heavy (non-hydrogen) atoms. The van der Waals surface area contributed by atoms with Crippen LogP contribution < -0.4 is 5.32 Å². The first-order valence-electron chi connectivity index (χ1n) is 4.58. The summed E-state index contributed by atoms with van der Waals surface area (Å²) < 4.78 is 0. The summed E-state index contributed by atoms with van der Waals surface area (Å²) in [6.07, 6.45) is 6.95. The van der Waals surface area contributed by atoms with Crippen LogP contribution >= 0.6 is 11.6 Å². The number of benzene rings is 1. The average molecular weight is 208 g/mol. The van der Waals surface area contributed by atoms with Crippen LogP contribution in [0.15, 0.2) is 49.1 Å². The van der Waals surface area contributed by atoms with Crippen molar-refractivity contribution in [3.8, 4) is 0 Å². The van der Waals surface area contributed by atoms with E-state index in [4.69, 9.17) is 11.6 Å². The molecular weight excluding hydrogens is 194 g/mol. The predicted molar refractivity (Wildman–Crippen MR) is 63.9 cm³/mol. The number of rotatable bonds is 5. The van der Waals surface area contributed by atoms with Gasteiger partial charge < -0.3 is 5.32 Å². The summed E-state index contributed by atoms with van der Waals surface area (Å²) in [7, 11) is 0. The third-order valence-electron chi connectivity index (χ3n) is 1.74. The van der Waals surface area contributed by atoms with Crippen molar-refractivity contribution in [2.45, 2.75) is 6.42 Å². The van der Waals surface area contributed by atoms with Gasteiger partial charge in [0, 0.05) is 17.3 Å². The molecule has 0 fully saturated rings. The Labute approximate surface area is 90.1 Å². The zero-order valence-corrected chi connectivity index (χ0v) is 8.80. The second-order valence-corrected chi connectivity index (χ2v) is 3.32. The van der Waals surface area contributed by atoms with Gasteiger partial charge in [-0.1, -0.05) is 29.8 Å². The molecule has 1 rings (SSSR count). The molecule has 0 unspecified atom stereocenters.